The standard InChI is InChI=1S/C10H14BrN3O2/c1-16-5-4-14-10(15)9(11)8(6-12-14)13-7-2-3-7/h6-7,13H,2-5H2,1H3. The second-order valence-electron chi connectivity index (χ2n) is 3.81. The van der Waals surface area contributed by atoms with Gasteiger partial charge in [-0.2, -0.15) is 5.10 Å². The summed E-state index contributed by atoms with van der Waals surface area (Å²) in [6.45, 7) is 0.951. The van der Waals surface area contributed by atoms with Crippen LogP contribution < -0.4 is 10.9 Å². The predicted molar refractivity (Wildman–Crippen MR) is 64.7 cm³/mol. The van der Waals surface area contributed by atoms with Gasteiger partial charge in [0.05, 0.1) is 25.0 Å². The van der Waals surface area contributed by atoms with E-state index < -0.39 is 0 Å². The van der Waals surface area contributed by atoms with Crippen LogP contribution in [0.4, 0.5) is 5.69 Å². The van der Waals surface area contributed by atoms with Crippen molar-refractivity contribution in [1.82, 2.24) is 9.78 Å². The van der Waals surface area contributed by atoms with Crippen molar-refractivity contribution in [2.75, 3.05) is 19.0 Å². The van der Waals surface area contributed by atoms with Crippen LogP contribution in [-0.2, 0) is 11.3 Å². The molecule has 1 aliphatic rings. The van der Waals surface area contributed by atoms with E-state index in [0.717, 1.165) is 5.69 Å². The molecule has 0 bridgehead atoms. The molecule has 1 heterocycles. The van der Waals surface area contributed by atoms with Crippen LogP contribution in [0.3, 0.4) is 0 Å². The Morgan fingerprint density at radius 3 is 3.06 bits per heavy atom. The molecule has 1 aromatic heterocycles. The lowest BCUT2D eigenvalue weighted by Gasteiger charge is -2.09. The van der Waals surface area contributed by atoms with Gasteiger partial charge in [0.15, 0.2) is 0 Å². The highest BCUT2D eigenvalue weighted by atomic mass is 79.9. The minimum atomic E-state index is -0.122. The largest absolute Gasteiger partial charge is 0.383 e. The smallest absolute Gasteiger partial charge is 0.283 e. The highest BCUT2D eigenvalue weighted by molar-refractivity contribution is 9.10. The van der Waals surface area contributed by atoms with Crippen molar-refractivity contribution >= 4 is 21.6 Å². The van der Waals surface area contributed by atoms with E-state index in [1.54, 1.807) is 13.3 Å². The number of hydrogen-bond donors (Lipinski definition) is 1. The Morgan fingerprint density at radius 1 is 1.69 bits per heavy atom. The molecule has 0 amide bonds. The van der Waals surface area contributed by atoms with Crippen molar-refractivity contribution < 1.29 is 4.74 Å². The summed E-state index contributed by atoms with van der Waals surface area (Å²) >= 11 is 3.30. The number of ether oxygens (including phenoxy) is 1. The van der Waals surface area contributed by atoms with Gasteiger partial charge >= 0.3 is 0 Å². The third kappa shape index (κ3) is 2.62. The number of methoxy groups -OCH3 is 1. The Labute approximate surface area is 102 Å². The molecule has 0 spiro atoms. The summed E-state index contributed by atoms with van der Waals surface area (Å²) in [5, 5.41) is 7.34. The second kappa shape index (κ2) is 4.97. The van der Waals surface area contributed by atoms with Crippen LogP contribution in [0.1, 0.15) is 12.8 Å². The molecular weight excluding hydrogens is 274 g/mol. The van der Waals surface area contributed by atoms with Crippen LogP contribution in [0.2, 0.25) is 0 Å². The fourth-order valence-electron chi connectivity index (χ4n) is 1.35. The van der Waals surface area contributed by atoms with Crippen LogP contribution in [0, 0.1) is 0 Å². The van der Waals surface area contributed by atoms with E-state index in [0.29, 0.717) is 23.7 Å². The zero-order valence-corrected chi connectivity index (χ0v) is 10.7. The minimum Gasteiger partial charge on any atom is -0.383 e. The number of anilines is 1. The van der Waals surface area contributed by atoms with E-state index in [1.165, 1.54) is 17.5 Å². The third-order valence-electron chi connectivity index (χ3n) is 2.43. The molecule has 0 aromatic carbocycles. The molecule has 1 fully saturated rings. The molecule has 6 heteroatoms. The first-order valence-corrected chi connectivity index (χ1v) is 6.02. The normalized spacial score (nSPS) is 15.1. The van der Waals surface area contributed by atoms with E-state index in [2.05, 4.69) is 26.3 Å². The lowest BCUT2D eigenvalue weighted by Crippen LogP contribution is -2.26. The Bertz CT molecular complexity index is 429. The number of rotatable bonds is 5. The van der Waals surface area contributed by atoms with Crippen molar-refractivity contribution in [2.24, 2.45) is 0 Å². The van der Waals surface area contributed by atoms with E-state index in [1.807, 2.05) is 0 Å². The number of halogens is 1. The van der Waals surface area contributed by atoms with Gasteiger partial charge in [0, 0.05) is 13.2 Å². The molecule has 0 saturated heterocycles. The predicted octanol–water partition coefficient (Wildman–Crippen LogP) is 1.23. The maximum atomic E-state index is 11.9. The molecular formula is C10H14BrN3O2. The van der Waals surface area contributed by atoms with Crippen molar-refractivity contribution in [2.45, 2.75) is 25.4 Å². The summed E-state index contributed by atoms with van der Waals surface area (Å²) in [7, 11) is 1.60. The van der Waals surface area contributed by atoms with Crippen molar-refractivity contribution in [3.8, 4) is 0 Å². The van der Waals surface area contributed by atoms with Gasteiger partial charge in [-0.05, 0) is 28.8 Å². The quantitative estimate of drug-likeness (QED) is 0.885. The first kappa shape index (κ1) is 11.6. The highest BCUT2D eigenvalue weighted by Gasteiger charge is 2.22. The summed E-state index contributed by atoms with van der Waals surface area (Å²) in [5.74, 6) is 0. The average molecular weight is 288 g/mol. The molecule has 1 aromatic rings. The molecule has 0 unspecified atom stereocenters. The molecule has 0 atom stereocenters. The Balaban J connectivity index is 2.17. The number of aromatic nitrogens is 2. The first-order valence-electron chi connectivity index (χ1n) is 5.23. The van der Waals surface area contributed by atoms with Crippen LogP contribution in [0.25, 0.3) is 0 Å². The number of nitrogens with one attached hydrogen (secondary N) is 1. The van der Waals surface area contributed by atoms with Gasteiger partial charge in [-0.25, -0.2) is 4.68 Å². The minimum absolute atomic E-state index is 0.122. The first-order chi connectivity index (χ1) is 7.72. The molecule has 0 aliphatic heterocycles. The van der Waals surface area contributed by atoms with Crippen LogP contribution >= 0.6 is 15.9 Å². The van der Waals surface area contributed by atoms with Gasteiger partial charge in [-0.15, -0.1) is 0 Å². The van der Waals surface area contributed by atoms with Crippen LogP contribution in [0.15, 0.2) is 15.5 Å². The molecule has 88 valence electrons. The topological polar surface area (TPSA) is 56.1 Å². The van der Waals surface area contributed by atoms with Crippen molar-refractivity contribution in [3.63, 3.8) is 0 Å². The monoisotopic (exact) mass is 287 g/mol. The Kier molecular flexibility index (Phi) is 3.60. The van der Waals surface area contributed by atoms with Crippen LogP contribution in [0.5, 0.6) is 0 Å². The lowest BCUT2D eigenvalue weighted by molar-refractivity contribution is 0.181. The zero-order valence-electron chi connectivity index (χ0n) is 9.07. The number of nitrogens with zero attached hydrogens (tertiary/aromatic N) is 2. The second-order valence-corrected chi connectivity index (χ2v) is 4.60. The van der Waals surface area contributed by atoms with Crippen LogP contribution in [-0.4, -0.2) is 29.5 Å². The molecule has 1 aliphatic carbocycles. The summed E-state index contributed by atoms with van der Waals surface area (Å²) in [5.41, 5.74) is 0.656. The van der Waals surface area contributed by atoms with E-state index in [9.17, 15) is 4.79 Å². The Hall–Kier alpha value is -0.880. The number of hydrogen-bond acceptors (Lipinski definition) is 4. The van der Waals surface area contributed by atoms with Gasteiger partial charge in [0.1, 0.15) is 4.47 Å². The van der Waals surface area contributed by atoms with Gasteiger partial charge in [0.2, 0.25) is 0 Å². The summed E-state index contributed by atoms with van der Waals surface area (Å²) in [4.78, 5) is 11.9. The zero-order chi connectivity index (χ0) is 11.5. The van der Waals surface area contributed by atoms with Crippen molar-refractivity contribution in [1.29, 1.82) is 0 Å². The molecule has 1 N–H and O–H groups in total. The fraction of sp³-hybridized carbons (Fsp3) is 0.600. The Morgan fingerprint density at radius 2 is 2.44 bits per heavy atom. The SMILES string of the molecule is COCCn1ncc(NC2CC2)c(Br)c1=O. The van der Waals surface area contributed by atoms with Gasteiger partial charge in [-0.3, -0.25) is 4.79 Å². The van der Waals surface area contributed by atoms with Gasteiger partial charge in [-0.1, -0.05) is 0 Å². The van der Waals surface area contributed by atoms with E-state index >= 15 is 0 Å². The summed E-state index contributed by atoms with van der Waals surface area (Å²) in [6.07, 6.45) is 4.01. The van der Waals surface area contributed by atoms with Gasteiger partial charge in [0.25, 0.3) is 5.56 Å². The molecule has 5 nitrogen and oxygen atoms in total. The maximum Gasteiger partial charge on any atom is 0.283 e. The summed E-state index contributed by atoms with van der Waals surface area (Å²) in [6, 6.07) is 0.507. The van der Waals surface area contributed by atoms with E-state index in [-0.39, 0.29) is 5.56 Å². The molecule has 16 heavy (non-hydrogen) atoms. The van der Waals surface area contributed by atoms with E-state index in [4.69, 9.17) is 4.74 Å². The van der Waals surface area contributed by atoms with Crippen molar-refractivity contribution in [3.05, 3.63) is 21.0 Å². The molecule has 1 saturated carbocycles. The van der Waals surface area contributed by atoms with Gasteiger partial charge < -0.3 is 10.1 Å². The lowest BCUT2D eigenvalue weighted by atomic mass is 10.4. The molecule has 0 radical (unpaired) electrons. The fourth-order valence-corrected chi connectivity index (χ4v) is 1.77. The highest BCUT2D eigenvalue weighted by Crippen LogP contribution is 2.26. The average Bonchev–Trinajstić information content (AvgIpc) is 3.08. The summed E-state index contributed by atoms with van der Waals surface area (Å²) < 4.78 is 6.86. The third-order valence-corrected chi connectivity index (χ3v) is 3.20. The maximum absolute atomic E-state index is 11.9. The molecule has 2 rings (SSSR count).